The van der Waals surface area contributed by atoms with Crippen LogP contribution in [0.5, 0.6) is 0 Å². The average molecular weight is 1020 g/mol. The molecule has 12 heteroatoms. The van der Waals surface area contributed by atoms with E-state index < -0.39 is 0 Å². The Kier molecular flexibility index (Phi) is 11.7. The van der Waals surface area contributed by atoms with Crippen LogP contribution in [0.4, 0.5) is 0 Å². The summed E-state index contributed by atoms with van der Waals surface area (Å²) < 4.78 is 4.24. The normalized spacial score (nSPS) is 10.6. The first-order valence-corrected chi connectivity index (χ1v) is 24.7. The number of hydrogen-bond acceptors (Lipinski definition) is 10. The van der Waals surface area contributed by atoms with E-state index in [1.165, 1.54) is 0 Å². The second-order valence-corrected chi connectivity index (χ2v) is 18.8. The lowest BCUT2D eigenvalue weighted by molar-refractivity contribution is 1.13. The standard InChI is InChI=1S/C68H30N12/c69-30-40-1-10-53(49(21-40)35-74)45-6-15-64-59(26-45)60-27-46(54-11-2-41(31-70)22-50(54)36-75)7-16-65(60)79(64)63-14-5-44(34-73)25-58(63)57-19-20-78-39-68(57)80-66-17-8-47(55-12-3-42(32-71)23-51(55)37-76)28-61(66)62-29-48(9-18-67(62)80)56-13-4-43(33-72)24-52(56)38-77/h1-29,39H. The number of fused-ring (bicyclic) bond motifs is 6. The minimum Gasteiger partial charge on any atom is -0.309 e. The van der Waals surface area contributed by atoms with Gasteiger partial charge in [0.15, 0.2) is 0 Å². The van der Waals surface area contributed by atoms with Gasteiger partial charge in [0.25, 0.3) is 0 Å². The Morgan fingerprint density at radius 1 is 0.263 bits per heavy atom. The quantitative estimate of drug-likeness (QED) is 0.146. The van der Waals surface area contributed by atoms with E-state index in [1.807, 2.05) is 91.0 Å². The second-order valence-electron chi connectivity index (χ2n) is 18.8. The molecule has 0 radical (unpaired) electrons. The third kappa shape index (κ3) is 7.82. The fraction of sp³-hybridized carbons (Fsp3) is 0. The van der Waals surface area contributed by atoms with Crippen LogP contribution in [-0.4, -0.2) is 14.1 Å². The van der Waals surface area contributed by atoms with Crippen LogP contribution < -0.4 is 0 Å². The smallest absolute Gasteiger partial charge is 0.0998 e. The molecule has 0 saturated heterocycles. The van der Waals surface area contributed by atoms with Crippen molar-refractivity contribution in [2.45, 2.75) is 0 Å². The zero-order chi connectivity index (χ0) is 55.2. The molecule has 80 heavy (non-hydrogen) atoms. The van der Waals surface area contributed by atoms with Gasteiger partial charge in [-0.1, -0.05) is 48.5 Å². The molecule has 362 valence electrons. The molecule has 12 rings (SSSR count). The maximum absolute atomic E-state index is 10.6. The molecular weight excluding hydrogens is 985 g/mol. The van der Waals surface area contributed by atoms with Crippen LogP contribution in [0, 0.1) is 102 Å². The Morgan fingerprint density at radius 3 is 0.900 bits per heavy atom. The van der Waals surface area contributed by atoms with Crippen LogP contribution in [0.15, 0.2) is 182 Å². The van der Waals surface area contributed by atoms with Gasteiger partial charge in [0.05, 0.1) is 144 Å². The van der Waals surface area contributed by atoms with E-state index in [-0.39, 0.29) is 0 Å². The van der Waals surface area contributed by atoms with Crippen molar-refractivity contribution in [3.63, 3.8) is 0 Å². The molecule has 0 fully saturated rings. The third-order valence-electron chi connectivity index (χ3n) is 14.5. The van der Waals surface area contributed by atoms with Crippen molar-refractivity contribution in [3.8, 4) is 122 Å². The largest absolute Gasteiger partial charge is 0.309 e. The molecule has 12 aromatic rings. The molecule has 0 N–H and O–H groups in total. The number of nitriles is 9. The molecular formula is C68H30N12. The third-order valence-corrected chi connectivity index (χ3v) is 14.5. The minimum atomic E-state index is 0.336. The van der Waals surface area contributed by atoms with E-state index in [0.29, 0.717) is 94.8 Å². The highest BCUT2D eigenvalue weighted by Crippen LogP contribution is 2.44. The number of pyridine rings is 1. The first-order valence-electron chi connectivity index (χ1n) is 24.7. The van der Waals surface area contributed by atoms with Gasteiger partial charge < -0.3 is 9.13 Å². The maximum Gasteiger partial charge on any atom is 0.0998 e. The van der Waals surface area contributed by atoms with Crippen molar-refractivity contribution in [2.24, 2.45) is 0 Å². The zero-order valence-electron chi connectivity index (χ0n) is 41.7. The predicted octanol–water partition coefficient (Wildman–Crippen LogP) is 14.5. The van der Waals surface area contributed by atoms with Gasteiger partial charge in [0.2, 0.25) is 0 Å². The molecule has 0 aliphatic rings. The van der Waals surface area contributed by atoms with E-state index >= 15 is 0 Å². The summed E-state index contributed by atoms with van der Waals surface area (Å²) in [7, 11) is 0. The molecule has 9 aromatic carbocycles. The molecule has 0 aliphatic carbocycles. The van der Waals surface area contributed by atoms with Crippen molar-refractivity contribution >= 4 is 43.6 Å². The van der Waals surface area contributed by atoms with Crippen molar-refractivity contribution in [3.05, 3.63) is 232 Å². The highest BCUT2D eigenvalue weighted by Gasteiger charge is 2.24. The van der Waals surface area contributed by atoms with Gasteiger partial charge in [-0.25, -0.2) is 0 Å². The van der Waals surface area contributed by atoms with Gasteiger partial charge in [0, 0.05) is 38.9 Å². The van der Waals surface area contributed by atoms with Gasteiger partial charge >= 0.3 is 0 Å². The number of rotatable bonds is 7. The van der Waals surface area contributed by atoms with Crippen LogP contribution in [-0.2, 0) is 0 Å². The highest BCUT2D eigenvalue weighted by atomic mass is 15.0. The fourth-order valence-electron chi connectivity index (χ4n) is 10.9. The minimum absolute atomic E-state index is 0.336. The molecule has 0 saturated carbocycles. The van der Waals surface area contributed by atoms with Crippen molar-refractivity contribution in [1.82, 2.24) is 14.1 Å². The average Bonchev–Trinajstić information content (AvgIpc) is 4.26. The SMILES string of the molecule is N#Cc1ccc(-c2ccc3c(c2)c2cc(-c4ccc(C#N)cc4C#N)ccc2n3-c2ccc(C#N)cc2-c2ccncc2-n2c3ccc(-c4ccc(C#N)cc4C#N)cc3c3cc(-c4ccc(C#N)cc4C#N)ccc32)c(C#N)c1. The Hall–Kier alpha value is -12.9. The van der Waals surface area contributed by atoms with E-state index in [2.05, 4.69) is 63.8 Å². The van der Waals surface area contributed by atoms with Crippen LogP contribution in [0.1, 0.15) is 50.1 Å². The first-order chi connectivity index (χ1) is 39.2. The molecule has 0 bridgehead atoms. The topological polar surface area (TPSA) is 237 Å². The summed E-state index contributed by atoms with van der Waals surface area (Å²) in [4.78, 5) is 4.71. The number of hydrogen-bond donors (Lipinski definition) is 0. The van der Waals surface area contributed by atoms with Crippen molar-refractivity contribution in [1.29, 1.82) is 47.4 Å². The summed E-state index contributed by atoms with van der Waals surface area (Å²) in [5.74, 6) is 0. The number of benzene rings is 9. The first kappa shape index (κ1) is 48.1. The second kappa shape index (κ2) is 19.4. The van der Waals surface area contributed by atoms with Crippen molar-refractivity contribution < 1.29 is 0 Å². The Labute approximate surface area is 456 Å². The Balaban J connectivity index is 1.12. The summed E-state index contributed by atoms with van der Waals surface area (Å²) in [6, 6.07) is 71.2. The molecule has 3 aromatic heterocycles. The van der Waals surface area contributed by atoms with Gasteiger partial charge in [-0.2, -0.15) is 47.4 Å². The molecule has 0 spiro atoms. The summed E-state index contributed by atoms with van der Waals surface area (Å²) in [6.07, 6.45) is 3.48. The predicted molar refractivity (Wildman–Crippen MR) is 303 cm³/mol. The van der Waals surface area contributed by atoms with Crippen LogP contribution in [0.3, 0.4) is 0 Å². The Bertz CT molecular complexity index is 4880. The van der Waals surface area contributed by atoms with Gasteiger partial charge in [-0.3, -0.25) is 4.98 Å². The van der Waals surface area contributed by atoms with Gasteiger partial charge in [-0.15, -0.1) is 0 Å². The van der Waals surface area contributed by atoms with Crippen LogP contribution in [0.25, 0.3) is 111 Å². The fourth-order valence-corrected chi connectivity index (χ4v) is 10.9. The molecule has 12 nitrogen and oxygen atoms in total. The molecule has 0 amide bonds. The van der Waals surface area contributed by atoms with Gasteiger partial charge in [0.1, 0.15) is 0 Å². The molecule has 0 aliphatic heterocycles. The summed E-state index contributed by atoms with van der Waals surface area (Å²) in [5.41, 5.74) is 14.6. The summed E-state index contributed by atoms with van der Waals surface area (Å²) in [5, 5.41) is 93.7. The van der Waals surface area contributed by atoms with Crippen LogP contribution >= 0.6 is 0 Å². The van der Waals surface area contributed by atoms with E-state index in [4.69, 9.17) is 4.98 Å². The van der Waals surface area contributed by atoms with Crippen molar-refractivity contribution in [2.75, 3.05) is 0 Å². The maximum atomic E-state index is 10.6. The lowest BCUT2D eigenvalue weighted by atomic mass is 9.95. The lowest BCUT2D eigenvalue weighted by Crippen LogP contribution is -2.02. The molecule has 0 atom stereocenters. The van der Waals surface area contributed by atoms with E-state index in [9.17, 15) is 47.4 Å². The summed E-state index contributed by atoms with van der Waals surface area (Å²) in [6.45, 7) is 0. The van der Waals surface area contributed by atoms with Gasteiger partial charge in [-0.05, 0) is 166 Å². The highest BCUT2D eigenvalue weighted by molar-refractivity contribution is 6.14. The summed E-state index contributed by atoms with van der Waals surface area (Å²) >= 11 is 0. The molecule has 0 unspecified atom stereocenters. The van der Waals surface area contributed by atoms with Crippen LogP contribution in [0.2, 0.25) is 0 Å². The molecule has 3 heterocycles. The van der Waals surface area contributed by atoms with E-state index in [0.717, 1.165) is 65.9 Å². The zero-order valence-corrected chi connectivity index (χ0v) is 41.7. The Morgan fingerprint density at radius 2 is 0.575 bits per heavy atom. The number of nitrogens with zero attached hydrogens (tertiary/aromatic N) is 12. The van der Waals surface area contributed by atoms with E-state index in [1.54, 1.807) is 91.3 Å². The number of aromatic nitrogens is 3. The monoisotopic (exact) mass is 1010 g/mol. The lowest BCUT2D eigenvalue weighted by Gasteiger charge is -2.19.